The summed E-state index contributed by atoms with van der Waals surface area (Å²) in [6, 6.07) is 11.9. The third kappa shape index (κ3) is 4.17. The van der Waals surface area contributed by atoms with E-state index < -0.39 is 10.8 Å². The van der Waals surface area contributed by atoms with Crippen LogP contribution >= 0.6 is 0 Å². The molecular weight excluding hydrogens is 416 g/mol. The predicted octanol–water partition coefficient (Wildman–Crippen LogP) is 3.33. The van der Waals surface area contributed by atoms with E-state index in [1.807, 2.05) is 6.92 Å². The maximum Gasteiger partial charge on any atom is 0.282 e. The number of nitro benzene ring substituents is 1. The van der Waals surface area contributed by atoms with Gasteiger partial charge in [0.15, 0.2) is 5.76 Å². The minimum atomic E-state index is -0.712. The number of rotatable bonds is 7. The second-order valence-corrected chi connectivity index (χ2v) is 6.84. The van der Waals surface area contributed by atoms with Crippen LogP contribution in [0.4, 0.5) is 11.5 Å². The number of benzene rings is 1. The van der Waals surface area contributed by atoms with Crippen LogP contribution < -0.4 is 10.9 Å². The highest BCUT2D eigenvalue weighted by molar-refractivity contribution is 6.06. The highest BCUT2D eigenvalue weighted by Gasteiger charge is 2.22. The molecule has 0 atom stereocenters. The van der Waals surface area contributed by atoms with E-state index in [0.717, 1.165) is 6.42 Å². The Labute approximate surface area is 180 Å². The molecule has 2 N–H and O–H groups in total. The standard InChI is InChI=1S/C21H18N6O5/c1-2-6-13-11-19(28)24-21(22-13)26-18(12-15(25-26)17-9-5-10-32-17)23-20(29)14-7-3-4-8-16(14)27(30)31/h3-5,7-12H,2,6H2,1H3,(H,23,29)(H,22,24,28). The molecule has 0 unspecified atom stereocenters. The van der Waals surface area contributed by atoms with Gasteiger partial charge in [0, 0.05) is 23.9 Å². The number of amides is 1. The van der Waals surface area contributed by atoms with Crippen LogP contribution in [0.5, 0.6) is 0 Å². The number of hydrogen-bond acceptors (Lipinski definition) is 7. The molecule has 1 amide bonds. The number of H-pyrrole nitrogens is 1. The quantitative estimate of drug-likeness (QED) is 0.335. The fourth-order valence-corrected chi connectivity index (χ4v) is 3.16. The van der Waals surface area contributed by atoms with Gasteiger partial charge in [-0.25, -0.2) is 4.98 Å². The topological polar surface area (TPSA) is 149 Å². The fraction of sp³-hybridized carbons (Fsp3) is 0.143. The number of nitrogens with one attached hydrogen (secondary N) is 2. The third-order valence-corrected chi connectivity index (χ3v) is 4.56. The molecule has 0 aliphatic heterocycles. The molecule has 4 rings (SSSR count). The first-order chi connectivity index (χ1) is 15.5. The Morgan fingerprint density at radius 3 is 2.78 bits per heavy atom. The number of anilines is 1. The number of aromatic nitrogens is 4. The molecule has 0 radical (unpaired) electrons. The zero-order valence-corrected chi connectivity index (χ0v) is 16.9. The van der Waals surface area contributed by atoms with Crippen LogP contribution in [0.1, 0.15) is 29.4 Å². The molecule has 0 spiro atoms. The molecule has 32 heavy (non-hydrogen) atoms. The summed E-state index contributed by atoms with van der Waals surface area (Å²) < 4.78 is 6.63. The van der Waals surface area contributed by atoms with Crippen LogP contribution in [0.2, 0.25) is 0 Å². The second-order valence-electron chi connectivity index (χ2n) is 6.84. The van der Waals surface area contributed by atoms with Crippen molar-refractivity contribution in [3.8, 4) is 17.4 Å². The van der Waals surface area contributed by atoms with Crippen LogP contribution in [0.3, 0.4) is 0 Å². The number of carbonyl (C=O) groups excluding carboxylic acids is 1. The molecule has 4 aromatic rings. The van der Waals surface area contributed by atoms with Crippen LogP contribution in [-0.2, 0) is 6.42 Å². The lowest BCUT2D eigenvalue weighted by molar-refractivity contribution is -0.385. The summed E-state index contributed by atoms with van der Waals surface area (Å²) in [4.78, 5) is 42.7. The maximum absolute atomic E-state index is 12.9. The third-order valence-electron chi connectivity index (χ3n) is 4.56. The number of nitrogens with zero attached hydrogens (tertiary/aromatic N) is 4. The lowest BCUT2D eigenvalue weighted by atomic mass is 10.1. The Hall–Kier alpha value is -4.54. The number of aromatic amines is 1. The lowest BCUT2D eigenvalue weighted by Gasteiger charge is -2.09. The summed E-state index contributed by atoms with van der Waals surface area (Å²) in [7, 11) is 0. The SMILES string of the molecule is CCCc1cc(=O)[nH]c(-n2nc(-c3ccco3)cc2NC(=O)c2ccccc2[N+](=O)[O-])n1. The molecule has 0 aliphatic carbocycles. The summed E-state index contributed by atoms with van der Waals surface area (Å²) in [6.07, 6.45) is 2.84. The number of hydrogen-bond donors (Lipinski definition) is 2. The number of carbonyl (C=O) groups is 1. The van der Waals surface area contributed by atoms with Gasteiger partial charge in [0.05, 0.1) is 11.2 Å². The van der Waals surface area contributed by atoms with Crippen LogP contribution in [0.15, 0.2) is 64.0 Å². The Morgan fingerprint density at radius 2 is 2.06 bits per heavy atom. The van der Waals surface area contributed by atoms with E-state index in [1.54, 1.807) is 12.1 Å². The van der Waals surface area contributed by atoms with Crippen molar-refractivity contribution in [3.63, 3.8) is 0 Å². The largest absolute Gasteiger partial charge is 0.463 e. The molecule has 0 saturated carbocycles. The molecule has 1 aromatic carbocycles. The molecule has 11 nitrogen and oxygen atoms in total. The Kier molecular flexibility index (Phi) is 5.62. The van der Waals surface area contributed by atoms with E-state index >= 15 is 0 Å². The Morgan fingerprint density at radius 1 is 1.25 bits per heavy atom. The van der Waals surface area contributed by atoms with Crippen LogP contribution in [0.25, 0.3) is 17.4 Å². The summed E-state index contributed by atoms with van der Waals surface area (Å²) in [6.45, 7) is 1.96. The van der Waals surface area contributed by atoms with E-state index in [9.17, 15) is 19.7 Å². The summed E-state index contributed by atoms with van der Waals surface area (Å²) in [5.74, 6) is -0.0403. The first-order valence-electron chi connectivity index (χ1n) is 9.75. The summed E-state index contributed by atoms with van der Waals surface area (Å²) in [5.41, 5.74) is 0.114. The van der Waals surface area contributed by atoms with Crippen molar-refractivity contribution in [3.05, 3.63) is 86.5 Å². The number of para-hydroxylation sites is 1. The highest BCUT2D eigenvalue weighted by atomic mass is 16.6. The lowest BCUT2D eigenvalue weighted by Crippen LogP contribution is -2.20. The van der Waals surface area contributed by atoms with E-state index in [2.05, 4.69) is 20.4 Å². The van der Waals surface area contributed by atoms with Crippen LogP contribution in [-0.4, -0.2) is 30.6 Å². The monoisotopic (exact) mass is 434 g/mol. The minimum Gasteiger partial charge on any atom is -0.463 e. The summed E-state index contributed by atoms with van der Waals surface area (Å²) in [5, 5.41) is 18.3. The predicted molar refractivity (Wildman–Crippen MR) is 115 cm³/mol. The van der Waals surface area contributed by atoms with Gasteiger partial charge >= 0.3 is 0 Å². The van der Waals surface area contributed by atoms with Gasteiger partial charge in [-0.1, -0.05) is 25.5 Å². The number of nitro groups is 1. The number of aryl methyl sites for hydroxylation is 1. The normalized spacial score (nSPS) is 10.8. The molecule has 0 aliphatic rings. The summed E-state index contributed by atoms with van der Waals surface area (Å²) >= 11 is 0. The molecule has 0 fully saturated rings. The molecule has 0 bridgehead atoms. The number of furan rings is 1. The molecular formula is C21H18N6O5. The minimum absolute atomic E-state index is 0.0941. The first kappa shape index (κ1) is 20.7. The van der Waals surface area contributed by atoms with E-state index in [4.69, 9.17) is 4.42 Å². The molecule has 0 saturated heterocycles. The Bertz CT molecular complexity index is 1340. The molecule has 3 aromatic heterocycles. The maximum atomic E-state index is 12.9. The van der Waals surface area contributed by atoms with E-state index in [-0.39, 0.29) is 28.6 Å². The van der Waals surface area contributed by atoms with Crippen molar-refractivity contribution in [2.24, 2.45) is 0 Å². The van der Waals surface area contributed by atoms with Gasteiger partial charge in [-0.15, -0.1) is 0 Å². The highest BCUT2D eigenvalue weighted by Crippen LogP contribution is 2.25. The molecule has 3 heterocycles. The van der Waals surface area contributed by atoms with Gasteiger partial charge < -0.3 is 9.73 Å². The van der Waals surface area contributed by atoms with E-state index in [0.29, 0.717) is 23.6 Å². The van der Waals surface area contributed by atoms with Gasteiger partial charge in [-0.05, 0) is 24.6 Å². The fourth-order valence-electron chi connectivity index (χ4n) is 3.16. The average molecular weight is 434 g/mol. The van der Waals surface area contributed by atoms with Crippen molar-refractivity contribution >= 4 is 17.4 Å². The average Bonchev–Trinajstić information content (AvgIpc) is 3.43. The van der Waals surface area contributed by atoms with Gasteiger partial charge in [0.25, 0.3) is 17.2 Å². The van der Waals surface area contributed by atoms with Crippen molar-refractivity contribution < 1.29 is 14.1 Å². The van der Waals surface area contributed by atoms with Gasteiger partial charge in [0.2, 0.25) is 5.95 Å². The Balaban J connectivity index is 1.79. The van der Waals surface area contributed by atoms with Crippen molar-refractivity contribution in [1.29, 1.82) is 0 Å². The van der Waals surface area contributed by atoms with Gasteiger partial charge in [-0.3, -0.25) is 24.7 Å². The van der Waals surface area contributed by atoms with E-state index in [1.165, 1.54) is 47.3 Å². The first-order valence-corrected chi connectivity index (χ1v) is 9.75. The molecule has 162 valence electrons. The smallest absolute Gasteiger partial charge is 0.282 e. The van der Waals surface area contributed by atoms with Crippen molar-refractivity contribution in [1.82, 2.24) is 19.7 Å². The van der Waals surface area contributed by atoms with Gasteiger partial charge in [0.1, 0.15) is 17.1 Å². The van der Waals surface area contributed by atoms with Gasteiger partial charge in [-0.2, -0.15) is 9.78 Å². The van der Waals surface area contributed by atoms with Crippen molar-refractivity contribution in [2.45, 2.75) is 19.8 Å². The van der Waals surface area contributed by atoms with Crippen molar-refractivity contribution in [2.75, 3.05) is 5.32 Å². The zero-order chi connectivity index (χ0) is 22.7. The molecule has 11 heteroatoms. The second kappa shape index (κ2) is 8.68. The zero-order valence-electron chi connectivity index (χ0n) is 16.9. The van der Waals surface area contributed by atoms with Crippen LogP contribution in [0, 0.1) is 10.1 Å².